The molecule has 1 aromatic carbocycles. The molecule has 2 aromatic rings. The summed E-state index contributed by atoms with van der Waals surface area (Å²) < 4.78 is 5.18. The Morgan fingerprint density at radius 1 is 1.59 bits per heavy atom. The number of nitrogens with two attached hydrogens (primary N) is 2. The minimum Gasteiger partial charge on any atom is -0.443 e. The highest BCUT2D eigenvalue weighted by molar-refractivity contribution is 5.81. The first kappa shape index (κ1) is 11.6. The predicted molar refractivity (Wildman–Crippen MR) is 62.6 cm³/mol. The molecule has 1 heterocycles. The third-order valence-electron chi connectivity index (χ3n) is 2.52. The lowest BCUT2D eigenvalue weighted by Gasteiger charge is -2.16. The van der Waals surface area contributed by atoms with Crippen LogP contribution in [0.25, 0.3) is 11.1 Å². The second-order valence-electron chi connectivity index (χ2n) is 3.91. The third kappa shape index (κ3) is 2.43. The summed E-state index contributed by atoms with van der Waals surface area (Å²) in [7, 11) is 1.47. The van der Waals surface area contributed by atoms with Gasteiger partial charge in [0.05, 0.1) is 6.04 Å². The number of nitrogens with zero attached hydrogens (tertiary/aromatic N) is 2. The van der Waals surface area contributed by atoms with E-state index in [2.05, 4.69) is 4.98 Å². The molecule has 1 amide bonds. The Bertz CT molecular complexity index is 535. The molecule has 90 valence electrons. The largest absolute Gasteiger partial charge is 0.443 e. The van der Waals surface area contributed by atoms with Crippen LogP contribution in [0.4, 0.5) is 0 Å². The lowest BCUT2D eigenvalue weighted by molar-refractivity contribution is -0.131. The van der Waals surface area contributed by atoms with Gasteiger partial charge in [-0.25, -0.2) is 10.8 Å². The molecule has 6 nitrogen and oxygen atoms in total. The van der Waals surface area contributed by atoms with E-state index in [4.69, 9.17) is 16.0 Å². The number of amides is 1. The number of carbonyl (C=O) groups is 1. The topological polar surface area (TPSA) is 98.4 Å². The van der Waals surface area contributed by atoms with Gasteiger partial charge < -0.3 is 10.2 Å². The van der Waals surface area contributed by atoms with E-state index in [9.17, 15) is 4.79 Å². The predicted octanol–water partition coefficient (Wildman–Crippen LogP) is 0.0297. The van der Waals surface area contributed by atoms with Gasteiger partial charge in [-0.2, -0.15) is 0 Å². The number of benzene rings is 1. The molecule has 6 heteroatoms. The fraction of sp³-hybridized carbons (Fsp3) is 0.273. The lowest BCUT2D eigenvalue weighted by Crippen LogP contribution is -2.46. The molecule has 0 saturated carbocycles. The smallest absolute Gasteiger partial charge is 0.253 e. The van der Waals surface area contributed by atoms with Crippen molar-refractivity contribution in [3.8, 4) is 0 Å². The van der Waals surface area contributed by atoms with Crippen molar-refractivity contribution in [2.24, 2.45) is 11.6 Å². The lowest BCUT2D eigenvalue weighted by atomic mass is 10.1. The maximum Gasteiger partial charge on any atom is 0.253 e. The van der Waals surface area contributed by atoms with Crippen LogP contribution in [0.3, 0.4) is 0 Å². The molecule has 0 saturated heterocycles. The van der Waals surface area contributed by atoms with Gasteiger partial charge >= 0.3 is 0 Å². The average molecular weight is 234 g/mol. The molecule has 0 radical (unpaired) electrons. The zero-order valence-electron chi connectivity index (χ0n) is 9.46. The first-order valence-corrected chi connectivity index (χ1v) is 5.18. The van der Waals surface area contributed by atoms with Crippen molar-refractivity contribution in [2.75, 3.05) is 7.05 Å². The van der Waals surface area contributed by atoms with Gasteiger partial charge in [0, 0.05) is 7.05 Å². The van der Waals surface area contributed by atoms with Gasteiger partial charge in [0.2, 0.25) is 0 Å². The Morgan fingerprint density at radius 2 is 2.35 bits per heavy atom. The molecule has 1 aromatic heterocycles. The maximum absolute atomic E-state index is 11.5. The van der Waals surface area contributed by atoms with Crippen molar-refractivity contribution in [3.05, 3.63) is 30.2 Å². The van der Waals surface area contributed by atoms with Crippen LogP contribution < -0.4 is 11.6 Å². The van der Waals surface area contributed by atoms with E-state index in [0.29, 0.717) is 12.0 Å². The average Bonchev–Trinajstić information content (AvgIpc) is 2.74. The molecular formula is C11H14N4O2. The van der Waals surface area contributed by atoms with Crippen LogP contribution in [-0.4, -0.2) is 29.0 Å². The van der Waals surface area contributed by atoms with E-state index < -0.39 is 6.04 Å². The van der Waals surface area contributed by atoms with Crippen LogP contribution >= 0.6 is 0 Å². The standard InChI is InChI=1S/C11H14N4O2/c1-15(13)11(16)8(12)4-7-2-3-9-10(5-7)17-6-14-9/h2-3,5-6,8H,4,12-13H2,1H3. The molecular weight excluding hydrogens is 220 g/mol. The van der Waals surface area contributed by atoms with E-state index in [1.54, 1.807) is 0 Å². The number of rotatable bonds is 3. The molecule has 17 heavy (non-hydrogen) atoms. The van der Waals surface area contributed by atoms with Gasteiger partial charge in [-0.1, -0.05) is 6.07 Å². The molecule has 0 aliphatic heterocycles. The first-order chi connectivity index (χ1) is 8.08. The Kier molecular flexibility index (Phi) is 3.08. The molecule has 0 bridgehead atoms. The fourth-order valence-electron chi connectivity index (χ4n) is 1.63. The molecule has 0 aliphatic carbocycles. The van der Waals surface area contributed by atoms with Gasteiger partial charge in [0.15, 0.2) is 12.0 Å². The summed E-state index contributed by atoms with van der Waals surface area (Å²) in [5.74, 6) is 5.04. The number of hydrogen-bond donors (Lipinski definition) is 2. The molecule has 0 fully saturated rings. The molecule has 0 aliphatic rings. The summed E-state index contributed by atoms with van der Waals surface area (Å²) in [5, 5.41) is 0.998. The normalized spacial score (nSPS) is 12.6. The van der Waals surface area contributed by atoms with Crippen molar-refractivity contribution < 1.29 is 9.21 Å². The summed E-state index contributed by atoms with van der Waals surface area (Å²) in [5.41, 5.74) is 8.13. The summed E-state index contributed by atoms with van der Waals surface area (Å²) in [6.45, 7) is 0. The highest BCUT2D eigenvalue weighted by Gasteiger charge is 2.16. The Hall–Kier alpha value is -1.92. The highest BCUT2D eigenvalue weighted by Crippen LogP contribution is 2.15. The maximum atomic E-state index is 11.5. The number of carbonyl (C=O) groups excluding carboxylic acids is 1. The van der Waals surface area contributed by atoms with Crippen molar-refractivity contribution in [1.82, 2.24) is 9.99 Å². The van der Waals surface area contributed by atoms with Gasteiger partial charge in [-0.05, 0) is 24.1 Å². The van der Waals surface area contributed by atoms with Crippen LogP contribution in [0.5, 0.6) is 0 Å². The second kappa shape index (κ2) is 4.52. The first-order valence-electron chi connectivity index (χ1n) is 5.18. The molecule has 4 N–H and O–H groups in total. The number of hydrogen-bond acceptors (Lipinski definition) is 5. The van der Waals surface area contributed by atoms with Gasteiger partial charge in [0.25, 0.3) is 5.91 Å². The van der Waals surface area contributed by atoms with E-state index in [1.807, 2.05) is 18.2 Å². The van der Waals surface area contributed by atoms with E-state index >= 15 is 0 Å². The highest BCUT2D eigenvalue weighted by atomic mass is 16.3. The molecule has 1 unspecified atom stereocenters. The van der Waals surface area contributed by atoms with Crippen LogP contribution in [0.15, 0.2) is 29.0 Å². The van der Waals surface area contributed by atoms with Crippen molar-refractivity contribution >= 4 is 17.0 Å². The van der Waals surface area contributed by atoms with Crippen LogP contribution in [-0.2, 0) is 11.2 Å². The van der Waals surface area contributed by atoms with Crippen molar-refractivity contribution in [2.45, 2.75) is 12.5 Å². The summed E-state index contributed by atoms with van der Waals surface area (Å²) in [6.07, 6.45) is 1.80. The second-order valence-corrected chi connectivity index (χ2v) is 3.91. The Balaban J connectivity index is 2.15. The minimum absolute atomic E-state index is 0.303. The van der Waals surface area contributed by atoms with Crippen LogP contribution in [0.2, 0.25) is 0 Å². The SMILES string of the molecule is CN(N)C(=O)C(N)Cc1ccc2ncoc2c1. The zero-order valence-corrected chi connectivity index (χ0v) is 9.46. The number of oxazole rings is 1. The quantitative estimate of drug-likeness (QED) is 0.443. The van der Waals surface area contributed by atoms with Gasteiger partial charge in [0.1, 0.15) is 5.52 Å². The molecule has 0 spiro atoms. The van der Waals surface area contributed by atoms with E-state index in [-0.39, 0.29) is 5.91 Å². The summed E-state index contributed by atoms with van der Waals surface area (Å²) in [6, 6.07) is 4.88. The van der Waals surface area contributed by atoms with E-state index in [0.717, 1.165) is 16.1 Å². The zero-order chi connectivity index (χ0) is 12.4. The molecule has 2 rings (SSSR count). The number of fused-ring (bicyclic) bond motifs is 1. The number of likely N-dealkylation sites (N-methyl/N-ethyl adjacent to an activating group) is 1. The monoisotopic (exact) mass is 234 g/mol. The van der Waals surface area contributed by atoms with Crippen molar-refractivity contribution in [3.63, 3.8) is 0 Å². The Morgan fingerprint density at radius 3 is 3.06 bits per heavy atom. The van der Waals surface area contributed by atoms with Gasteiger partial charge in [-0.15, -0.1) is 0 Å². The van der Waals surface area contributed by atoms with Crippen LogP contribution in [0, 0.1) is 0 Å². The molecule has 1 atom stereocenters. The minimum atomic E-state index is -0.648. The number of hydrazine groups is 1. The van der Waals surface area contributed by atoms with E-state index in [1.165, 1.54) is 13.4 Å². The Labute approximate surface area is 98.2 Å². The third-order valence-corrected chi connectivity index (χ3v) is 2.52. The number of aromatic nitrogens is 1. The fourth-order valence-corrected chi connectivity index (χ4v) is 1.63. The van der Waals surface area contributed by atoms with Crippen LogP contribution in [0.1, 0.15) is 5.56 Å². The summed E-state index contributed by atoms with van der Waals surface area (Å²) >= 11 is 0. The van der Waals surface area contributed by atoms with Gasteiger partial charge in [-0.3, -0.25) is 9.80 Å². The van der Waals surface area contributed by atoms with Crippen molar-refractivity contribution in [1.29, 1.82) is 0 Å². The summed E-state index contributed by atoms with van der Waals surface area (Å²) in [4.78, 5) is 15.5.